The summed E-state index contributed by atoms with van der Waals surface area (Å²) >= 11 is 0. The summed E-state index contributed by atoms with van der Waals surface area (Å²) in [4.78, 5) is 19.5. The molecule has 2 aliphatic carbocycles. The van der Waals surface area contributed by atoms with Crippen LogP contribution in [0.15, 0.2) is 23.2 Å². The van der Waals surface area contributed by atoms with Crippen molar-refractivity contribution >= 4 is 11.9 Å². The topological polar surface area (TPSA) is 67.9 Å². The molecule has 5 heteroatoms. The van der Waals surface area contributed by atoms with Crippen molar-refractivity contribution in [3.8, 4) is 11.8 Å². The van der Waals surface area contributed by atoms with Crippen LogP contribution in [0.5, 0.6) is 0 Å². The van der Waals surface area contributed by atoms with E-state index in [9.17, 15) is 4.79 Å². The molecule has 5 nitrogen and oxygen atoms in total. The van der Waals surface area contributed by atoms with Gasteiger partial charge >= 0.3 is 0 Å². The number of carbonyl (C=O) groups is 1. The minimum Gasteiger partial charge on any atom is -0.383 e. The van der Waals surface area contributed by atoms with Crippen molar-refractivity contribution in [3.05, 3.63) is 34.9 Å². The number of rotatable bonds is 3. The molecule has 1 aliphatic heterocycles. The molecule has 1 heterocycles. The molecule has 0 radical (unpaired) electrons. The molecular formula is C20H23N3O2. The highest BCUT2D eigenvalue weighted by molar-refractivity contribution is 6.08. The maximum Gasteiger partial charge on any atom is 0.262 e. The summed E-state index contributed by atoms with van der Waals surface area (Å²) in [5.41, 5.74) is 8.29. The van der Waals surface area contributed by atoms with Gasteiger partial charge in [0.15, 0.2) is 11.5 Å². The van der Waals surface area contributed by atoms with Gasteiger partial charge in [0, 0.05) is 18.6 Å². The summed E-state index contributed by atoms with van der Waals surface area (Å²) in [5, 5.41) is 0. The number of methoxy groups -OCH3 is 1. The second-order valence-electron chi connectivity index (χ2n) is 7.21. The summed E-state index contributed by atoms with van der Waals surface area (Å²) in [6, 6.07) is 6.19. The van der Waals surface area contributed by atoms with Gasteiger partial charge in [-0.15, -0.1) is 0 Å². The predicted molar refractivity (Wildman–Crippen MR) is 95.8 cm³/mol. The standard InChI is InChI=1S/C20H23N3O2/c1-13-11-16-8-7-15(6-5-14-3-4-14)12-17(16)20(13)18(24)23(9-10-25-2)19(21)22-20/h7-8,12-14H,3-4,9-11H2,1-2H3,(H2,21,22). The predicted octanol–water partition coefficient (Wildman–Crippen LogP) is 1.64. The third-order valence-electron chi connectivity index (χ3n) is 5.42. The third-order valence-corrected chi connectivity index (χ3v) is 5.42. The Balaban J connectivity index is 1.73. The maximum absolute atomic E-state index is 13.2. The average molecular weight is 337 g/mol. The van der Waals surface area contributed by atoms with Crippen LogP contribution in [0, 0.1) is 23.7 Å². The van der Waals surface area contributed by atoms with Crippen LogP contribution in [0.25, 0.3) is 0 Å². The van der Waals surface area contributed by atoms with Crippen LogP contribution in [0.1, 0.15) is 36.5 Å². The lowest BCUT2D eigenvalue weighted by Crippen LogP contribution is -2.45. The normalized spacial score (nSPS) is 27.3. The van der Waals surface area contributed by atoms with Crippen molar-refractivity contribution < 1.29 is 9.53 Å². The highest BCUT2D eigenvalue weighted by Gasteiger charge is 2.56. The van der Waals surface area contributed by atoms with E-state index in [0.717, 1.165) is 17.5 Å². The van der Waals surface area contributed by atoms with E-state index in [0.29, 0.717) is 19.1 Å². The van der Waals surface area contributed by atoms with Gasteiger partial charge in [0.25, 0.3) is 5.91 Å². The van der Waals surface area contributed by atoms with Gasteiger partial charge in [0.1, 0.15) is 0 Å². The smallest absolute Gasteiger partial charge is 0.262 e. The molecule has 130 valence electrons. The molecule has 2 N–H and O–H groups in total. The Morgan fingerprint density at radius 2 is 2.24 bits per heavy atom. The number of benzene rings is 1. The van der Waals surface area contributed by atoms with E-state index in [1.807, 2.05) is 6.07 Å². The van der Waals surface area contributed by atoms with E-state index in [-0.39, 0.29) is 17.8 Å². The van der Waals surface area contributed by atoms with Gasteiger partial charge in [-0.25, -0.2) is 4.99 Å². The fourth-order valence-electron chi connectivity index (χ4n) is 3.84. The first-order valence-corrected chi connectivity index (χ1v) is 8.87. The minimum absolute atomic E-state index is 0.0411. The molecule has 1 saturated carbocycles. The van der Waals surface area contributed by atoms with E-state index in [1.54, 1.807) is 12.0 Å². The van der Waals surface area contributed by atoms with Crippen LogP contribution >= 0.6 is 0 Å². The second-order valence-corrected chi connectivity index (χ2v) is 7.21. The van der Waals surface area contributed by atoms with Gasteiger partial charge in [0.2, 0.25) is 0 Å². The Hall–Kier alpha value is -2.32. The number of aliphatic imine (C=N–C) groups is 1. The van der Waals surface area contributed by atoms with Gasteiger partial charge in [-0.2, -0.15) is 0 Å². The van der Waals surface area contributed by atoms with Crippen LogP contribution in [0.3, 0.4) is 0 Å². The highest BCUT2D eigenvalue weighted by atomic mass is 16.5. The number of guanidine groups is 1. The molecular weight excluding hydrogens is 314 g/mol. The first-order valence-electron chi connectivity index (χ1n) is 8.87. The molecule has 2 unspecified atom stereocenters. The summed E-state index contributed by atoms with van der Waals surface area (Å²) < 4.78 is 5.10. The fourth-order valence-corrected chi connectivity index (χ4v) is 3.84. The average Bonchev–Trinajstić information content (AvgIpc) is 3.34. The molecule has 25 heavy (non-hydrogen) atoms. The zero-order valence-electron chi connectivity index (χ0n) is 14.7. The van der Waals surface area contributed by atoms with Crippen molar-refractivity contribution in [1.82, 2.24) is 4.90 Å². The third kappa shape index (κ3) is 2.52. The molecule has 1 spiro atoms. The first kappa shape index (κ1) is 16.2. The minimum atomic E-state index is -0.898. The zero-order chi connectivity index (χ0) is 17.6. The molecule has 0 aromatic heterocycles. The van der Waals surface area contributed by atoms with Gasteiger partial charge < -0.3 is 10.5 Å². The second kappa shape index (κ2) is 5.89. The fraction of sp³-hybridized carbons (Fsp3) is 0.500. The lowest BCUT2D eigenvalue weighted by molar-refractivity contribution is -0.133. The van der Waals surface area contributed by atoms with Crippen LogP contribution in [0.2, 0.25) is 0 Å². The van der Waals surface area contributed by atoms with E-state index in [2.05, 4.69) is 35.9 Å². The first-order chi connectivity index (χ1) is 12.1. The summed E-state index contributed by atoms with van der Waals surface area (Å²) in [6.45, 7) is 2.94. The number of nitrogens with two attached hydrogens (primary N) is 1. The van der Waals surface area contributed by atoms with Crippen molar-refractivity contribution in [1.29, 1.82) is 0 Å². The van der Waals surface area contributed by atoms with Gasteiger partial charge in [0.05, 0.1) is 13.2 Å². The maximum atomic E-state index is 13.2. The van der Waals surface area contributed by atoms with Crippen LogP contribution in [0.4, 0.5) is 0 Å². The molecule has 1 aromatic rings. The van der Waals surface area contributed by atoms with E-state index in [1.165, 1.54) is 18.4 Å². The van der Waals surface area contributed by atoms with Crippen LogP contribution in [-0.2, 0) is 21.5 Å². The van der Waals surface area contributed by atoms with Crippen LogP contribution in [-0.4, -0.2) is 37.0 Å². The summed E-state index contributed by atoms with van der Waals surface area (Å²) in [5.74, 6) is 7.42. The number of hydrogen-bond acceptors (Lipinski definition) is 4. The van der Waals surface area contributed by atoms with Gasteiger partial charge in [-0.3, -0.25) is 9.69 Å². The number of carbonyl (C=O) groups excluding carboxylic acids is 1. The highest BCUT2D eigenvalue weighted by Crippen LogP contribution is 2.48. The largest absolute Gasteiger partial charge is 0.383 e. The Labute approximate surface area is 148 Å². The van der Waals surface area contributed by atoms with E-state index >= 15 is 0 Å². The molecule has 1 amide bonds. The van der Waals surface area contributed by atoms with E-state index in [4.69, 9.17) is 10.5 Å². The van der Waals surface area contributed by atoms with Crippen molar-refractivity contribution in [3.63, 3.8) is 0 Å². The Kier molecular flexibility index (Phi) is 3.81. The SMILES string of the molecule is COCCN1C(=O)C2(N=C1N)c1cc(C#CC3CC3)ccc1CC2C. The van der Waals surface area contributed by atoms with Gasteiger partial charge in [-0.1, -0.05) is 24.8 Å². The molecule has 1 fully saturated rings. The molecule has 0 saturated heterocycles. The molecule has 0 bridgehead atoms. The number of hydrogen-bond donors (Lipinski definition) is 1. The Morgan fingerprint density at radius 1 is 1.44 bits per heavy atom. The molecule has 3 aliphatic rings. The number of nitrogens with zero attached hydrogens (tertiary/aromatic N) is 2. The van der Waals surface area contributed by atoms with Crippen molar-refractivity contribution in [2.24, 2.45) is 22.6 Å². The summed E-state index contributed by atoms with van der Waals surface area (Å²) in [7, 11) is 1.61. The van der Waals surface area contributed by atoms with Crippen molar-refractivity contribution in [2.45, 2.75) is 31.7 Å². The lowest BCUT2D eigenvalue weighted by atomic mass is 9.84. The number of fused-ring (bicyclic) bond motifs is 2. The molecule has 2 atom stereocenters. The monoisotopic (exact) mass is 337 g/mol. The number of amides is 1. The van der Waals surface area contributed by atoms with Crippen LogP contribution < -0.4 is 5.73 Å². The molecule has 4 rings (SSSR count). The Morgan fingerprint density at radius 3 is 2.96 bits per heavy atom. The lowest BCUT2D eigenvalue weighted by Gasteiger charge is -2.26. The van der Waals surface area contributed by atoms with E-state index < -0.39 is 5.54 Å². The molecule has 1 aromatic carbocycles. The number of ether oxygens (including phenoxy) is 1. The zero-order valence-corrected chi connectivity index (χ0v) is 14.7. The summed E-state index contributed by atoms with van der Waals surface area (Å²) in [6.07, 6.45) is 3.23. The Bertz CT molecular complexity index is 816. The van der Waals surface area contributed by atoms with Gasteiger partial charge in [-0.05, 0) is 48.4 Å². The van der Waals surface area contributed by atoms with Crippen molar-refractivity contribution in [2.75, 3.05) is 20.3 Å². The quantitative estimate of drug-likeness (QED) is 0.853.